The number of esters is 2. The van der Waals surface area contributed by atoms with Gasteiger partial charge in [-0.1, -0.05) is 30.3 Å². The Kier molecular flexibility index (Phi) is 6.39. The third kappa shape index (κ3) is 4.97. The highest BCUT2D eigenvalue weighted by atomic mass is 16.6. The molecule has 2 aromatic rings. The summed E-state index contributed by atoms with van der Waals surface area (Å²) in [6.45, 7) is 1.82. The Morgan fingerprint density at radius 1 is 1.00 bits per heavy atom. The van der Waals surface area contributed by atoms with Gasteiger partial charge in [-0.05, 0) is 30.7 Å². The van der Waals surface area contributed by atoms with Gasteiger partial charge in [0, 0.05) is 0 Å². The average Bonchev–Trinajstić information content (AvgIpc) is 2.66. The lowest BCUT2D eigenvalue weighted by Gasteiger charge is -2.14. The van der Waals surface area contributed by atoms with Gasteiger partial charge in [0.05, 0.1) is 19.8 Å². The van der Waals surface area contributed by atoms with Gasteiger partial charge in [-0.2, -0.15) is 0 Å². The molecule has 6 nitrogen and oxygen atoms in total. The summed E-state index contributed by atoms with van der Waals surface area (Å²) < 4.78 is 20.6. The van der Waals surface area contributed by atoms with Gasteiger partial charge in [-0.15, -0.1) is 0 Å². The first kappa shape index (κ1) is 18.3. The second-order valence-electron chi connectivity index (χ2n) is 5.21. The van der Waals surface area contributed by atoms with Crippen LogP contribution in [-0.2, 0) is 20.9 Å². The summed E-state index contributed by atoms with van der Waals surface area (Å²) >= 11 is 0. The van der Waals surface area contributed by atoms with E-state index < -0.39 is 18.0 Å². The predicted octanol–water partition coefficient (Wildman–Crippen LogP) is 2.99. The minimum absolute atomic E-state index is 0.250. The van der Waals surface area contributed by atoms with E-state index in [1.165, 1.54) is 27.2 Å². The van der Waals surface area contributed by atoms with Crippen molar-refractivity contribution in [2.24, 2.45) is 0 Å². The molecule has 0 fully saturated rings. The highest BCUT2D eigenvalue weighted by molar-refractivity contribution is 5.92. The van der Waals surface area contributed by atoms with Gasteiger partial charge in [-0.3, -0.25) is 0 Å². The summed E-state index contributed by atoms with van der Waals surface area (Å²) in [4.78, 5) is 23.4. The number of carbonyl (C=O) groups excluding carboxylic acids is 2. The first-order chi connectivity index (χ1) is 12.0. The van der Waals surface area contributed by atoms with Crippen LogP contribution in [0.5, 0.6) is 11.5 Å². The van der Waals surface area contributed by atoms with Crippen LogP contribution >= 0.6 is 0 Å². The van der Waals surface area contributed by atoms with Crippen molar-refractivity contribution in [2.75, 3.05) is 14.2 Å². The van der Waals surface area contributed by atoms with Crippen molar-refractivity contribution in [3.63, 3.8) is 0 Å². The van der Waals surface area contributed by atoms with Crippen LogP contribution in [0.25, 0.3) is 0 Å². The molecule has 2 rings (SSSR count). The number of ether oxygens (including phenoxy) is 4. The summed E-state index contributed by atoms with van der Waals surface area (Å²) in [7, 11) is 2.71. The Hall–Kier alpha value is -3.02. The highest BCUT2D eigenvalue weighted by Crippen LogP contribution is 2.29. The molecule has 1 atom stereocenters. The summed E-state index contributed by atoms with van der Waals surface area (Å²) in [6.07, 6.45) is -0.988. The van der Waals surface area contributed by atoms with Crippen molar-refractivity contribution in [1.82, 2.24) is 0 Å². The maximum Gasteiger partial charge on any atom is 0.346 e. The maximum absolute atomic E-state index is 12.1. The van der Waals surface area contributed by atoms with Gasteiger partial charge in [0.1, 0.15) is 6.61 Å². The molecule has 0 N–H and O–H groups in total. The lowest BCUT2D eigenvalue weighted by atomic mass is 10.2. The quantitative estimate of drug-likeness (QED) is 0.719. The standard InChI is InChI=1S/C19H20O6/c1-13(18(20)23-3)25-19(21)15-9-10-16(17(11-15)22-2)24-12-14-7-5-4-6-8-14/h4-11,13H,12H2,1-3H3. The van der Waals surface area contributed by atoms with Crippen LogP contribution in [0.3, 0.4) is 0 Å². The van der Waals surface area contributed by atoms with Gasteiger partial charge < -0.3 is 18.9 Å². The third-order valence-corrected chi connectivity index (χ3v) is 3.45. The van der Waals surface area contributed by atoms with Crippen LogP contribution in [0.2, 0.25) is 0 Å². The predicted molar refractivity (Wildman–Crippen MR) is 90.7 cm³/mol. The number of hydrogen-bond acceptors (Lipinski definition) is 6. The molecule has 0 aromatic heterocycles. The van der Waals surface area contributed by atoms with Crippen molar-refractivity contribution in [3.8, 4) is 11.5 Å². The largest absolute Gasteiger partial charge is 0.493 e. The molecule has 0 spiro atoms. The Morgan fingerprint density at radius 3 is 2.36 bits per heavy atom. The fourth-order valence-electron chi connectivity index (χ4n) is 2.09. The van der Waals surface area contributed by atoms with E-state index in [1.807, 2.05) is 30.3 Å². The normalized spacial score (nSPS) is 11.3. The van der Waals surface area contributed by atoms with Crippen molar-refractivity contribution in [2.45, 2.75) is 19.6 Å². The molecular formula is C19H20O6. The number of methoxy groups -OCH3 is 2. The lowest BCUT2D eigenvalue weighted by molar-refractivity contribution is -0.149. The zero-order valence-corrected chi connectivity index (χ0v) is 14.4. The van der Waals surface area contributed by atoms with Crippen LogP contribution in [0.15, 0.2) is 48.5 Å². The highest BCUT2D eigenvalue weighted by Gasteiger charge is 2.20. The second-order valence-corrected chi connectivity index (χ2v) is 5.21. The molecule has 132 valence electrons. The maximum atomic E-state index is 12.1. The molecule has 0 aliphatic carbocycles. The minimum Gasteiger partial charge on any atom is -0.493 e. The SMILES string of the molecule is COC(=O)C(C)OC(=O)c1ccc(OCc2ccccc2)c(OC)c1. The van der Waals surface area contributed by atoms with Gasteiger partial charge in [0.2, 0.25) is 0 Å². The molecule has 25 heavy (non-hydrogen) atoms. The Morgan fingerprint density at radius 2 is 1.72 bits per heavy atom. The van der Waals surface area contributed by atoms with E-state index in [2.05, 4.69) is 4.74 Å². The van der Waals surface area contributed by atoms with Gasteiger partial charge in [0.15, 0.2) is 17.6 Å². The number of benzene rings is 2. The fraction of sp³-hybridized carbons (Fsp3) is 0.263. The number of carbonyl (C=O) groups is 2. The van der Waals surface area contributed by atoms with Crippen LogP contribution < -0.4 is 9.47 Å². The minimum atomic E-state index is -0.988. The molecule has 0 aliphatic heterocycles. The second kappa shape index (κ2) is 8.73. The van der Waals surface area contributed by atoms with Crippen molar-refractivity contribution >= 4 is 11.9 Å². The van der Waals surface area contributed by atoms with Gasteiger partial charge >= 0.3 is 11.9 Å². The monoisotopic (exact) mass is 344 g/mol. The topological polar surface area (TPSA) is 71.1 Å². The van der Waals surface area contributed by atoms with E-state index in [1.54, 1.807) is 12.1 Å². The van der Waals surface area contributed by atoms with E-state index in [-0.39, 0.29) is 5.56 Å². The molecule has 0 saturated heterocycles. The molecule has 2 aromatic carbocycles. The van der Waals surface area contributed by atoms with E-state index in [9.17, 15) is 9.59 Å². The van der Waals surface area contributed by atoms with E-state index in [4.69, 9.17) is 14.2 Å². The fourth-order valence-corrected chi connectivity index (χ4v) is 2.09. The van der Waals surface area contributed by atoms with Crippen molar-refractivity contribution in [1.29, 1.82) is 0 Å². The first-order valence-electron chi connectivity index (χ1n) is 7.68. The molecule has 0 saturated carbocycles. The molecular weight excluding hydrogens is 324 g/mol. The molecule has 6 heteroatoms. The van der Waals surface area contributed by atoms with E-state index in [0.717, 1.165) is 5.56 Å². The van der Waals surface area contributed by atoms with Crippen LogP contribution in [0.4, 0.5) is 0 Å². The molecule has 0 radical (unpaired) electrons. The summed E-state index contributed by atoms with van der Waals surface area (Å²) in [5, 5.41) is 0. The molecule has 0 amide bonds. The number of rotatable bonds is 7. The summed E-state index contributed by atoms with van der Waals surface area (Å²) in [5.74, 6) is -0.367. The zero-order chi connectivity index (χ0) is 18.2. The average molecular weight is 344 g/mol. The Bertz CT molecular complexity index is 726. The van der Waals surface area contributed by atoms with Crippen molar-refractivity contribution < 1.29 is 28.5 Å². The van der Waals surface area contributed by atoms with Crippen LogP contribution in [-0.4, -0.2) is 32.3 Å². The Labute approximate surface area is 146 Å². The summed E-state index contributed by atoms with van der Waals surface area (Å²) in [6, 6.07) is 14.4. The third-order valence-electron chi connectivity index (χ3n) is 3.45. The van der Waals surface area contributed by atoms with E-state index >= 15 is 0 Å². The Balaban J connectivity index is 2.07. The van der Waals surface area contributed by atoms with Gasteiger partial charge in [-0.25, -0.2) is 9.59 Å². The zero-order valence-electron chi connectivity index (χ0n) is 14.4. The molecule has 0 heterocycles. The molecule has 0 aliphatic rings. The van der Waals surface area contributed by atoms with Crippen LogP contribution in [0, 0.1) is 0 Å². The van der Waals surface area contributed by atoms with Crippen molar-refractivity contribution in [3.05, 3.63) is 59.7 Å². The molecule has 1 unspecified atom stereocenters. The smallest absolute Gasteiger partial charge is 0.346 e. The summed E-state index contributed by atoms with van der Waals surface area (Å²) in [5.41, 5.74) is 1.26. The van der Waals surface area contributed by atoms with E-state index in [0.29, 0.717) is 18.1 Å². The lowest BCUT2D eigenvalue weighted by Crippen LogP contribution is -2.25. The van der Waals surface area contributed by atoms with Gasteiger partial charge in [0.25, 0.3) is 0 Å². The first-order valence-corrected chi connectivity index (χ1v) is 7.68. The number of hydrogen-bond donors (Lipinski definition) is 0. The van der Waals surface area contributed by atoms with Crippen LogP contribution in [0.1, 0.15) is 22.8 Å². The molecule has 0 bridgehead atoms.